The minimum Gasteiger partial charge on any atom is -0.481 e. The summed E-state index contributed by atoms with van der Waals surface area (Å²) >= 11 is 5.98. The van der Waals surface area contributed by atoms with Crippen molar-refractivity contribution in [2.75, 3.05) is 0 Å². The van der Waals surface area contributed by atoms with Crippen LogP contribution in [0, 0.1) is 0 Å². The van der Waals surface area contributed by atoms with Crippen molar-refractivity contribution < 1.29 is 14.3 Å². The molecule has 0 amide bonds. The van der Waals surface area contributed by atoms with Crippen LogP contribution in [0.25, 0.3) is 33.2 Å². The van der Waals surface area contributed by atoms with Gasteiger partial charge in [-0.25, -0.2) is 0 Å². The molecule has 0 aliphatic heterocycles. The molecule has 0 saturated heterocycles. The van der Waals surface area contributed by atoms with Gasteiger partial charge in [-0.2, -0.15) is 0 Å². The second-order valence-electron chi connectivity index (χ2n) is 6.09. The summed E-state index contributed by atoms with van der Waals surface area (Å²) in [6, 6.07) is 21.1. The van der Waals surface area contributed by atoms with E-state index in [0.717, 1.165) is 38.8 Å². The zero-order valence-corrected chi connectivity index (χ0v) is 14.5. The van der Waals surface area contributed by atoms with Crippen LogP contribution in [0.1, 0.15) is 5.56 Å². The Hall–Kier alpha value is -3.04. The van der Waals surface area contributed by atoms with E-state index < -0.39 is 5.97 Å². The van der Waals surface area contributed by atoms with E-state index >= 15 is 0 Å². The Morgan fingerprint density at radius 1 is 0.923 bits per heavy atom. The fourth-order valence-electron chi connectivity index (χ4n) is 3.17. The predicted molar refractivity (Wildman–Crippen MR) is 103 cm³/mol. The third-order valence-electron chi connectivity index (χ3n) is 4.40. The van der Waals surface area contributed by atoms with Gasteiger partial charge >= 0.3 is 5.97 Å². The molecule has 0 atom stereocenters. The number of halogens is 1. The highest BCUT2D eigenvalue weighted by atomic mass is 35.5. The minimum atomic E-state index is -0.844. The Kier molecular flexibility index (Phi) is 4.23. The quantitative estimate of drug-likeness (QED) is 0.481. The van der Waals surface area contributed by atoms with Gasteiger partial charge in [-0.15, -0.1) is 0 Å². The summed E-state index contributed by atoms with van der Waals surface area (Å²) in [5.41, 5.74) is 5.45. The third-order valence-corrected chi connectivity index (χ3v) is 4.65. The van der Waals surface area contributed by atoms with Crippen LogP contribution in [0.15, 0.2) is 77.4 Å². The van der Waals surface area contributed by atoms with Gasteiger partial charge in [0.15, 0.2) is 0 Å². The van der Waals surface area contributed by atoms with E-state index in [-0.39, 0.29) is 6.42 Å². The van der Waals surface area contributed by atoms with Gasteiger partial charge in [0.1, 0.15) is 5.58 Å². The van der Waals surface area contributed by atoms with Crippen LogP contribution in [-0.4, -0.2) is 11.1 Å². The first-order valence-electron chi connectivity index (χ1n) is 8.19. The van der Waals surface area contributed by atoms with Crippen LogP contribution < -0.4 is 0 Å². The van der Waals surface area contributed by atoms with Crippen molar-refractivity contribution in [2.24, 2.45) is 0 Å². The molecule has 4 aromatic rings. The van der Waals surface area contributed by atoms with Crippen molar-refractivity contribution >= 4 is 28.5 Å². The molecule has 0 aliphatic rings. The molecule has 26 heavy (non-hydrogen) atoms. The Labute approximate surface area is 155 Å². The van der Waals surface area contributed by atoms with Crippen LogP contribution in [0.5, 0.6) is 0 Å². The molecule has 0 aliphatic carbocycles. The number of carboxylic acids is 1. The maximum absolute atomic E-state index is 11.2. The number of rotatable bonds is 4. The van der Waals surface area contributed by atoms with E-state index in [9.17, 15) is 4.79 Å². The largest absolute Gasteiger partial charge is 0.481 e. The minimum absolute atomic E-state index is 0.0103. The molecule has 4 rings (SSSR count). The molecule has 0 spiro atoms. The summed E-state index contributed by atoms with van der Waals surface area (Å²) in [6.45, 7) is 0. The van der Waals surface area contributed by atoms with Crippen LogP contribution in [-0.2, 0) is 11.2 Å². The van der Waals surface area contributed by atoms with Crippen molar-refractivity contribution in [2.45, 2.75) is 6.42 Å². The summed E-state index contributed by atoms with van der Waals surface area (Å²) in [7, 11) is 0. The first kappa shape index (κ1) is 16.4. The Bertz CT molecular complexity index is 1090. The molecule has 0 unspecified atom stereocenters. The summed E-state index contributed by atoms with van der Waals surface area (Å²) < 4.78 is 5.69. The molecule has 1 heterocycles. The summed E-state index contributed by atoms with van der Waals surface area (Å²) in [6.07, 6.45) is 1.73. The smallest absolute Gasteiger partial charge is 0.307 e. The molecule has 3 nitrogen and oxygen atoms in total. The van der Waals surface area contributed by atoms with Gasteiger partial charge in [0.2, 0.25) is 0 Å². The van der Waals surface area contributed by atoms with Crippen molar-refractivity contribution in [1.29, 1.82) is 0 Å². The lowest BCUT2D eigenvalue weighted by Crippen LogP contribution is -2.01. The standard InChI is InChI=1S/C22H15ClO3/c23-17-8-5-14(6-9-17)20-13-26-21-10-7-16(11-19(20)21)18-4-2-1-3-15(18)12-22(24)25/h1-11,13H,12H2,(H,24,25). The zero-order valence-electron chi connectivity index (χ0n) is 13.8. The van der Waals surface area contributed by atoms with Crippen LogP contribution >= 0.6 is 11.6 Å². The van der Waals surface area contributed by atoms with Crippen molar-refractivity contribution in [3.63, 3.8) is 0 Å². The number of hydrogen-bond acceptors (Lipinski definition) is 2. The molecule has 4 heteroatoms. The molecule has 0 saturated carbocycles. The van der Waals surface area contributed by atoms with E-state index in [1.165, 1.54) is 0 Å². The average molecular weight is 363 g/mol. The topological polar surface area (TPSA) is 50.4 Å². The van der Waals surface area contributed by atoms with Gasteiger partial charge in [0, 0.05) is 16.0 Å². The lowest BCUT2D eigenvalue weighted by atomic mass is 9.95. The summed E-state index contributed by atoms with van der Waals surface area (Å²) in [5, 5.41) is 10.8. The highest BCUT2D eigenvalue weighted by Gasteiger charge is 2.12. The molecule has 0 fully saturated rings. The maximum Gasteiger partial charge on any atom is 0.307 e. The van der Waals surface area contributed by atoms with Crippen LogP contribution in [0.4, 0.5) is 0 Å². The lowest BCUT2D eigenvalue weighted by molar-refractivity contribution is -0.136. The SMILES string of the molecule is O=C(O)Cc1ccccc1-c1ccc2occ(-c3ccc(Cl)cc3)c2c1. The van der Waals surface area contributed by atoms with E-state index in [0.29, 0.717) is 5.02 Å². The van der Waals surface area contributed by atoms with E-state index in [1.807, 2.05) is 66.7 Å². The maximum atomic E-state index is 11.2. The summed E-state index contributed by atoms with van der Waals surface area (Å²) in [5.74, 6) is -0.844. The average Bonchev–Trinajstić information content (AvgIpc) is 3.05. The fraction of sp³-hybridized carbons (Fsp3) is 0.0455. The van der Waals surface area contributed by atoms with E-state index in [1.54, 1.807) is 6.26 Å². The van der Waals surface area contributed by atoms with Crippen LogP contribution in [0.3, 0.4) is 0 Å². The number of fused-ring (bicyclic) bond motifs is 1. The second kappa shape index (κ2) is 6.70. The number of carboxylic acid groups (broad SMARTS) is 1. The molecule has 1 aromatic heterocycles. The Morgan fingerprint density at radius 3 is 2.42 bits per heavy atom. The highest BCUT2D eigenvalue weighted by Crippen LogP contribution is 2.35. The normalized spacial score (nSPS) is 11.0. The fourth-order valence-corrected chi connectivity index (χ4v) is 3.29. The molecular weight excluding hydrogens is 348 g/mol. The van der Waals surface area contributed by atoms with Gasteiger partial charge in [-0.3, -0.25) is 4.79 Å². The van der Waals surface area contributed by atoms with Crippen LogP contribution in [0.2, 0.25) is 5.02 Å². The first-order chi connectivity index (χ1) is 12.6. The second-order valence-corrected chi connectivity index (χ2v) is 6.53. The zero-order chi connectivity index (χ0) is 18.1. The van der Waals surface area contributed by atoms with Crippen molar-refractivity contribution in [1.82, 2.24) is 0 Å². The molecular formula is C22H15ClO3. The number of furan rings is 1. The lowest BCUT2D eigenvalue weighted by Gasteiger charge is -2.08. The van der Waals surface area contributed by atoms with E-state index in [2.05, 4.69) is 0 Å². The van der Waals surface area contributed by atoms with Gasteiger partial charge < -0.3 is 9.52 Å². The van der Waals surface area contributed by atoms with Gasteiger partial charge in [-0.1, -0.05) is 54.1 Å². The molecule has 0 bridgehead atoms. The highest BCUT2D eigenvalue weighted by molar-refractivity contribution is 6.30. The number of hydrogen-bond donors (Lipinski definition) is 1. The van der Waals surface area contributed by atoms with Crippen molar-refractivity contribution in [3.05, 3.63) is 83.6 Å². The predicted octanol–water partition coefficient (Wildman–Crippen LogP) is 6.05. The molecule has 1 N–H and O–H groups in total. The summed E-state index contributed by atoms with van der Waals surface area (Å²) in [4.78, 5) is 11.2. The van der Waals surface area contributed by atoms with Gasteiger partial charge in [-0.05, 0) is 46.5 Å². The molecule has 0 radical (unpaired) electrons. The van der Waals surface area contributed by atoms with Gasteiger partial charge in [0.05, 0.1) is 12.7 Å². The third kappa shape index (κ3) is 3.09. The Morgan fingerprint density at radius 2 is 1.65 bits per heavy atom. The first-order valence-corrected chi connectivity index (χ1v) is 8.57. The van der Waals surface area contributed by atoms with Crippen molar-refractivity contribution in [3.8, 4) is 22.3 Å². The number of aliphatic carboxylic acids is 1. The molecule has 128 valence electrons. The Balaban J connectivity index is 1.85. The number of carbonyl (C=O) groups is 1. The molecule has 3 aromatic carbocycles. The number of benzene rings is 3. The van der Waals surface area contributed by atoms with E-state index in [4.69, 9.17) is 21.1 Å². The monoisotopic (exact) mass is 362 g/mol. The van der Waals surface area contributed by atoms with Gasteiger partial charge in [0.25, 0.3) is 0 Å².